The van der Waals surface area contributed by atoms with Gasteiger partial charge in [-0.25, -0.2) is 14.8 Å². The van der Waals surface area contributed by atoms with Crippen molar-refractivity contribution in [3.05, 3.63) is 21.5 Å². The zero-order valence-electron chi connectivity index (χ0n) is 14.0. The number of carbonyl (C=O) groups excluding carboxylic acids is 2. The lowest BCUT2D eigenvalue weighted by Gasteiger charge is -2.19. The number of rotatable bonds is 5. The predicted octanol–water partition coefficient (Wildman–Crippen LogP) is 3.04. The van der Waals surface area contributed by atoms with Gasteiger partial charge < -0.3 is 15.4 Å². The summed E-state index contributed by atoms with van der Waals surface area (Å²) in [5.41, 5.74) is 0.550. The lowest BCUT2D eigenvalue weighted by molar-refractivity contribution is 0.0523. The second-order valence-corrected chi connectivity index (χ2v) is 7.68. The highest BCUT2D eigenvalue weighted by Gasteiger charge is 2.17. The minimum absolute atomic E-state index is 0.193. The van der Waals surface area contributed by atoms with E-state index >= 15 is 0 Å². The molecule has 0 atom stereocenters. The van der Waals surface area contributed by atoms with Gasteiger partial charge in [0.05, 0.1) is 6.54 Å². The molecule has 0 aliphatic rings. The number of hydrogen-bond donors (Lipinski definition) is 2. The summed E-state index contributed by atoms with van der Waals surface area (Å²) in [6, 6.07) is 0. The van der Waals surface area contributed by atoms with Crippen LogP contribution in [0.1, 0.15) is 43.2 Å². The van der Waals surface area contributed by atoms with Crippen LogP contribution in [0.15, 0.2) is 10.8 Å². The quantitative estimate of drug-likeness (QED) is 0.846. The SMILES string of the molecule is CCNC(=O)c1csc(-c2csc(CNC(=O)OC(C)(C)C)n2)n1. The molecule has 9 heteroatoms. The molecule has 2 amide bonds. The Balaban J connectivity index is 1.96. The van der Waals surface area contributed by atoms with Gasteiger partial charge in [0.15, 0.2) is 0 Å². The molecule has 2 N–H and O–H groups in total. The van der Waals surface area contributed by atoms with E-state index < -0.39 is 11.7 Å². The summed E-state index contributed by atoms with van der Waals surface area (Å²) in [7, 11) is 0. The number of nitrogens with zero attached hydrogens (tertiary/aromatic N) is 2. The molecule has 0 aliphatic carbocycles. The van der Waals surface area contributed by atoms with Crippen molar-refractivity contribution in [2.45, 2.75) is 39.8 Å². The largest absolute Gasteiger partial charge is 0.444 e. The Morgan fingerprint density at radius 1 is 1.17 bits per heavy atom. The maximum Gasteiger partial charge on any atom is 0.408 e. The molecule has 0 unspecified atom stereocenters. The Hall–Kier alpha value is -2.00. The first-order chi connectivity index (χ1) is 11.3. The van der Waals surface area contributed by atoms with E-state index in [-0.39, 0.29) is 12.5 Å². The molecular formula is C15H20N4O3S2. The first kappa shape index (κ1) is 18.3. The molecule has 2 rings (SSSR count). The van der Waals surface area contributed by atoms with E-state index in [0.717, 1.165) is 5.01 Å². The first-order valence-electron chi connectivity index (χ1n) is 7.44. The van der Waals surface area contributed by atoms with E-state index in [2.05, 4.69) is 20.6 Å². The minimum Gasteiger partial charge on any atom is -0.444 e. The first-order valence-corrected chi connectivity index (χ1v) is 9.19. The second-order valence-electron chi connectivity index (χ2n) is 5.88. The third-order valence-electron chi connectivity index (χ3n) is 2.63. The molecular weight excluding hydrogens is 348 g/mol. The zero-order valence-corrected chi connectivity index (χ0v) is 15.6. The average molecular weight is 368 g/mol. The van der Waals surface area contributed by atoms with E-state index in [4.69, 9.17) is 4.74 Å². The van der Waals surface area contributed by atoms with Gasteiger partial charge in [-0.2, -0.15) is 0 Å². The van der Waals surface area contributed by atoms with Gasteiger partial charge in [-0.15, -0.1) is 22.7 Å². The van der Waals surface area contributed by atoms with Crippen LogP contribution in [0.25, 0.3) is 10.7 Å². The van der Waals surface area contributed by atoms with Crippen molar-refractivity contribution in [3.63, 3.8) is 0 Å². The van der Waals surface area contributed by atoms with Crippen molar-refractivity contribution in [2.24, 2.45) is 0 Å². The number of alkyl carbamates (subject to hydrolysis) is 1. The van der Waals surface area contributed by atoms with Crippen LogP contribution in [0.3, 0.4) is 0 Å². The van der Waals surface area contributed by atoms with Crippen LogP contribution in [-0.2, 0) is 11.3 Å². The lowest BCUT2D eigenvalue weighted by atomic mass is 10.2. The molecule has 0 radical (unpaired) electrons. The molecule has 2 aromatic heterocycles. The summed E-state index contributed by atoms with van der Waals surface area (Å²) in [5.74, 6) is -0.193. The van der Waals surface area contributed by atoms with Crippen molar-refractivity contribution < 1.29 is 14.3 Å². The Labute approximate surface area is 148 Å². The number of nitrogens with one attached hydrogen (secondary N) is 2. The van der Waals surface area contributed by atoms with Crippen LogP contribution in [0.4, 0.5) is 4.79 Å². The molecule has 24 heavy (non-hydrogen) atoms. The van der Waals surface area contributed by atoms with Gasteiger partial charge in [-0.1, -0.05) is 0 Å². The monoisotopic (exact) mass is 368 g/mol. The second kappa shape index (κ2) is 7.71. The standard InChI is InChI=1S/C15H20N4O3S2/c1-5-16-12(20)9-7-24-13(19-9)10-8-23-11(18-10)6-17-14(21)22-15(2,3)4/h7-8H,5-6H2,1-4H3,(H,16,20)(H,17,21). The van der Waals surface area contributed by atoms with E-state index in [0.29, 0.717) is 22.9 Å². The van der Waals surface area contributed by atoms with Crippen LogP contribution in [0.5, 0.6) is 0 Å². The Kier molecular flexibility index (Phi) is 5.89. The van der Waals surface area contributed by atoms with Crippen LogP contribution in [0, 0.1) is 0 Å². The minimum atomic E-state index is -0.533. The summed E-state index contributed by atoms with van der Waals surface area (Å²) >= 11 is 2.78. The van der Waals surface area contributed by atoms with Crippen LogP contribution in [-0.4, -0.2) is 34.1 Å². The Bertz CT molecular complexity index is 718. The number of amides is 2. The number of ether oxygens (including phenoxy) is 1. The van der Waals surface area contributed by atoms with Crippen molar-refractivity contribution in [1.29, 1.82) is 0 Å². The van der Waals surface area contributed by atoms with Gasteiger partial charge in [0.2, 0.25) is 0 Å². The Morgan fingerprint density at radius 3 is 2.58 bits per heavy atom. The third-order valence-corrected chi connectivity index (χ3v) is 4.34. The van der Waals surface area contributed by atoms with Gasteiger partial charge >= 0.3 is 6.09 Å². The molecule has 0 aromatic carbocycles. The summed E-state index contributed by atoms with van der Waals surface area (Å²) in [6.45, 7) is 8.13. The molecule has 0 saturated carbocycles. The van der Waals surface area contributed by atoms with Crippen molar-refractivity contribution in [2.75, 3.05) is 6.54 Å². The highest BCUT2D eigenvalue weighted by atomic mass is 32.1. The molecule has 130 valence electrons. The van der Waals surface area contributed by atoms with Gasteiger partial charge in [0, 0.05) is 17.3 Å². The number of hydrogen-bond acceptors (Lipinski definition) is 7. The molecule has 2 heterocycles. The lowest BCUT2D eigenvalue weighted by Crippen LogP contribution is -2.32. The molecule has 0 spiro atoms. The van der Waals surface area contributed by atoms with Crippen molar-refractivity contribution >= 4 is 34.7 Å². The Morgan fingerprint density at radius 2 is 1.92 bits per heavy atom. The van der Waals surface area contributed by atoms with Crippen LogP contribution >= 0.6 is 22.7 Å². The number of aromatic nitrogens is 2. The van der Waals surface area contributed by atoms with Crippen molar-refractivity contribution in [1.82, 2.24) is 20.6 Å². The fourth-order valence-electron chi connectivity index (χ4n) is 1.70. The maximum absolute atomic E-state index is 11.7. The van der Waals surface area contributed by atoms with E-state index in [1.54, 1.807) is 5.38 Å². The van der Waals surface area contributed by atoms with E-state index in [1.807, 2.05) is 33.1 Å². The average Bonchev–Trinajstić information content (AvgIpc) is 3.12. The van der Waals surface area contributed by atoms with Gasteiger partial charge in [0.25, 0.3) is 5.91 Å². The summed E-state index contributed by atoms with van der Waals surface area (Å²) in [4.78, 5) is 32.1. The van der Waals surface area contributed by atoms with E-state index in [1.165, 1.54) is 22.7 Å². The molecule has 0 fully saturated rings. The topological polar surface area (TPSA) is 93.2 Å². The van der Waals surface area contributed by atoms with Gasteiger partial charge in [-0.05, 0) is 27.7 Å². The maximum atomic E-state index is 11.7. The zero-order chi connectivity index (χ0) is 17.7. The third kappa shape index (κ3) is 5.27. The summed E-state index contributed by atoms with van der Waals surface area (Å²) in [6.07, 6.45) is -0.480. The van der Waals surface area contributed by atoms with E-state index in [9.17, 15) is 9.59 Å². The van der Waals surface area contributed by atoms with Gasteiger partial charge in [0.1, 0.15) is 27.0 Å². The normalized spacial score (nSPS) is 11.2. The number of thiazole rings is 2. The number of carbonyl (C=O) groups is 2. The van der Waals surface area contributed by atoms with Crippen LogP contribution in [0.2, 0.25) is 0 Å². The molecule has 0 aliphatic heterocycles. The summed E-state index contributed by atoms with van der Waals surface area (Å²) < 4.78 is 5.18. The predicted molar refractivity (Wildman–Crippen MR) is 94.3 cm³/mol. The molecule has 7 nitrogen and oxygen atoms in total. The molecule has 0 saturated heterocycles. The summed E-state index contributed by atoms with van der Waals surface area (Å²) in [5, 5.41) is 10.4. The molecule has 2 aromatic rings. The fraction of sp³-hybridized carbons (Fsp3) is 0.467. The fourth-order valence-corrected chi connectivity index (χ4v) is 3.25. The highest BCUT2D eigenvalue weighted by molar-refractivity contribution is 7.14. The highest BCUT2D eigenvalue weighted by Crippen LogP contribution is 2.25. The smallest absolute Gasteiger partial charge is 0.408 e. The van der Waals surface area contributed by atoms with Gasteiger partial charge in [-0.3, -0.25) is 4.79 Å². The van der Waals surface area contributed by atoms with Crippen LogP contribution < -0.4 is 10.6 Å². The van der Waals surface area contributed by atoms with Crippen molar-refractivity contribution in [3.8, 4) is 10.7 Å². The molecule has 0 bridgehead atoms.